The topological polar surface area (TPSA) is 49.8 Å². The zero-order valence-electron chi connectivity index (χ0n) is 14.6. The first kappa shape index (κ1) is 17.9. The van der Waals surface area contributed by atoms with Crippen LogP contribution in [0.4, 0.5) is 9.18 Å². The summed E-state index contributed by atoms with van der Waals surface area (Å²) in [5.41, 5.74) is 2.46. The smallest absolute Gasteiger partial charge is 0.407 e. The normalized spacial score (nSPS) is 19.5. The molecule has 4 rings (SSSR count). The second kappa shape index (κ2) is 7.24. The number of carbonyl (C=O) groups is 1. The second-order valence-electron chi connectivity index (χ2n) is 6.87. The summed E-state index contributed by atoms with van der Waals surface area (Å²) < 4.78 is 20.5. The minimum Gasteiger partial charge on any atom is -0.481 e. The van der Waals surface area contributed by atoms with Gasteiger partial charge in [-0.2, -0.15) is 0 Å². The number of rotatable bonds is 2. The predicted molar refractivity (Wildman–Crippen MR) is 102 cm³/mol. The highest BCUT2D eigenvalue weighted by molar-refractivity contribution is 6.30. The van der Waals surface area contributed by atoms with Gasteiger partial charge in [0.1, 0.15) is 17.7 Å². The molecule has 2 aliphatic rings. The monoisotopic (exact) mass is 387 g/mol. The summed E-state index contributed by atoms with van der Waals surface area (Å²) in [5.74, 6) is 0.582. The van der Waals surface area contributed by atoms with Crippen molar-refractivity contribution >= 4 is 23.8 Å². The third kappa shape index (κ3) is 3.52. The molecule has 0 spiro atoms. The number of hydrogen-bond acceptors (Lipinski definition) is 2. The molecule has 0 radical (unpaired) electrons. The molecule has 0 aromatic heterocycles. The Bertz CT molecular complexity index is 906. The Labute approximate surface area is 161 Å². The molecule has 140 valence electrons. The fourth-order valence-corrected chi connectivity index (χ4v) is 3.96. The number of carboxylic acid groups (broad SMARTS) is 1. The first-order chi connectivity index (χ1) is 13.0. The minimum absolute atomic E-state index is 0.220. The van der Waals surface area contributed by atoms with E-state index in [1.807, 2.05) is 30.4 Å². The van der Waals surface area contributed by atoms with E-state index in [2.05, 4.69) is 0 Å². The van der Waals surface area contributed by atoms with Crippen LogP contribution in [-0.4, -0.2) is 29.2 Å². The maximum absolute atomic E-state index is 14.3. The minimum atomic E-state index is -0.874. The lowest BCUT2D eigenvalue weighted by atomic mass is 9.87. The Morgan fingerprint density at radius 3 is 2.67 bits per heavy atom. The number of likely N-dealkylation sites (tertiary alicyclic amines) is 1. The van der Waals surface area contributed by atoms with Crippen LogP contribution in [0.2, 0.25) is 5.02 Å². The predicted octanol–water partition coefficient (Wildman–Crippen LogP) is 5.48. The lowest BCUT2D eigenvalue weighted by molar-refractivity contribution is 0.131. The summed E-state index contributed by atoms with van der Waals surface area (Å²) in [6.45, 7) is 1.02. The van der Waals surface area contributed by atoms with Gasteiger partial charge in [0, 0.05) is 29.2 Å². The molecular formula is C21H19ClFNO3. The Balaban J connectivity index is 1.61. The summed E-state index contributed by atoms with van der Waals surface area (Å²) in [6, 6.07) is 10.6. The van der Waals surface area contributed by atoms with Crippen molar-refractivity contribution < 1.29 is 19.0 Å². The summed E-state index contributed by atoms with van der Waals surface area (Å²) in [7, 11) is 0. The maximum Gasteiger partial charge on any atom is 0.407 e. The zero-order valence-corrected chi connectivity index (χ0v) is 15.3. The fourth-order valence-electron chi connectivity index (χ4n) is 3.80. The third-order valence-electron chi connectivity index (χ3n) is 5.25. The molecule has 27 heavy (non-hydrogen) atoms. The molecule has 1 fully saturated rings. The van der Waals surface area contributed by atoms with E-state index in [1.54, 1.807) is 12.1 Å². The van der Waals surface area contributed by atoms with E-state index in [1.165, 1.54) is 11.0 Å². The van der Waals surface area contributed by atoms with Crippen LogP contribution in [0.3, 0.4) is 0 Å². The molecule has 0 saturated carbocycles. The second-order valence-corrected chi connectivity index (χ2v) is 7.31. The number of amides is 1. The molecule has 1 atom stereocenters. The number of benzene rings is 2. The molecule has 0 aliphatic carbocycles. The lowest BCUT2D eigenvalue weighted by Crippen LogP contribution is -2.36. The van der Waals surface area contributed by atoms with E-state index in [0.29, 0.717) is 23.7 Å². The Morgan fingerprint density at radius 2 is 1.96 bits per heavy atom. The van der Waals surface area contributed by atoms with E-state index in [9.17, 15) is 9.18 Å². The molecule has 4 nitrogen and oxygen atoms in total. The SMILES string of the molecule is O=C(O)N1CCC(c2cccc3c2OC(c2ccc(Cl)cc2F)C=C3)CC1. The molecule has 6 heteroatoms. The molecule has 2 aromatic rings. The number of halogens is 2. The molecule has 2 heterocycles. The van der Waals surface area contributed by atoms with Gasteiger partial charge in [0.05, 0.1) is 0 Å². The Hall–Kier alpha value is -2.53. The van der Waals surface area contributed by atoms with Gasteiger partial charge in [-0.05, 0) is 42.5 Å². The van der Waals surface area contributed by atoms with Crippen LogP contribution < -0.4 is 4.74 Å². The van der Waals surface area contributed by atoms with Crippen molar-refractivity contribution in [1.82, 2.24) is 4.90 Å². The fraction of sp³-hybridized carbons (Fsp3) is 0.286. The molecule has 0 bridgehead atoms. The summed E-state index contributed by atoms with van der Waals surface area (Å²) in [6.07, 6.45) is 3.89. The van der Waals surface area contributed by atoms with Crippen molar-refractivity contribution in [3.05, 3.63) is 70.0 Å². The third-order valence-corrected chi connectivity index (χ3v) is 5.48. The van der Waals surface area contributed by atoms with Crippen molar-refractivity contribution in [3.8, 4) is 5.75 Å². The van der Waals surface area contributed by atoms with Crippen LogP contribution in [0.5, 0.6) is 5.75 Å². The number of ether oxygens (including phenoxy) is 1. The van der Waals surface area contributed by atoms with Gasteiger partial charge in [-0.15, -0.1) is 0 Å². The van der Waals surface area contributed by atoms with E-state index in [0.717, 1.165) is 29.7 Å². The number of piperidine rings is 1. The average molecular weight is 388 g/mol. The van der Waals surface area contributed by atoms with Crippen LogP contribution in [0, 0.1) is 5.82 Å². The van der Waals surface area contributed by atoms with E-state index < -0.39 is 18.0 Å². The van der Waals surface area contributed by atoms with Crippen molar-refractivity contribution in [3.63, 3.8) is 0 Å². The first-order valence-electron chi connectivity index (χ1n) is 8.93. The number of fused-ring (bicyclic) bond motifs is 1. The van der Waals surface area contributed by atoms with Crippen LogP contribution in [0.25, 0.3) is 6.08 Å². The summed E-state index contributed by atoms with van der Waals surface area (Å²) in [4.78, 5) is 12.6. The Kier molecular flexibility index (Phi) is 4.79. The van der Waals surface area contributed by atoms with Gasteiger partial charge in [-0.25, -0.2) is 9.18 Å². The van der Waals surface area contributed by atoms with Gasteiger partial charge < -0.3 is 14.7 Å². The summed E-state index contributed by atoms with van der Waals surface area (Å²) >= 11 is 5.85. The highest BCUT2D eigenvalue weighted by Gasteiger charge is 2.28. The van der Waals surface area contributed by atoms with Gasteiger partial charge in [-0.3, -0.25) is 0 Å². The van der Waals surface area contributed by atoms with E-state index >= 15 is 0 Å². The molecule has 1 unspecified atom stereocenters. The van der Waals surface area contributed by atoms with Gasteiger partial charge in [0.2, 0.25) is 0 Å². The number of nitrogens with zero attached hydrogens (tertiary/aromatic N) is 1. The van der Waals surface area contributed by atoms with Gasteiger partial charge in [0.15, 0.2) is 0 Å². The van der Waals surface area contributed by atoms with Crippen molar-refractivity contribution in [2.45, 2.75) is 24.9 Å². The zero-order chi connectivity index (χ0) is 19.0. The van der Waals surface area contributed by atoms with Gasteiger partial charge >= 0.3 is 6.09 Å². The van der Waals surface area contributed by atoms with Crippen molar-refractivity contribution in [2.24, 2.45) is 0 Å². The standard InChI is InChI=1S/C21H19ClFNO3/c22-15-5-6-17(18(23)12-15)19-7-4-14-2-1-3-16(20(14)27-19)13-8-10-24(11-9-13)21(25)26/h1-7,12-13,19H,8-11H2,(H,25,26). The molecule has 1 amide bonds. The van der Waals surface area contributed by atoms with Crippen LogP contribution in [-0.2, 0) is 0 Å². The number of hydrogen-bond donors (Lipinski definition) is 1. The highest BCUT2D eigenvalue weighted by atomic mass is 35.5. The van der Waals surface area contributed by atoms with Crippen molar-refractivity contribution in [2.75, 3.05) is 13.1 Å². The van der Waals surface area contributed by atoms with E-state index in [-0.39, 0.29) is 5.92 Å². The van der Waals surface area contributed by atoms with Crippen molar-refractivity contribution in [1.29, 1.82) is 0 Å². The maximum atomic E-state index is 14.3. The van der Waals surface area contributed by atoms with Crippen LogP contribution in [0.1, 0.15) is 41.6 Å². The average Bonchev–Trinajstić information content (AvgIpc) is 2.67. The molecule has 2 aromatic carbocycles. The van der Waals surface area contributed by atoms with Crippen LogP contribution in [0.15, 0.2) is 42.5 Å². The highest BCUT2D eigenvalue weighted by Crippen LogP contribution is 2.42. The number of para-hydroxylation sites is 1. The molecule has 2 aliphatic heterocycles. The molecule has 1 saturated heterocycles. The van der Waals surface area contributed by atoms with Gasteiger partial charge in [0.25, 0.3) is 0 Å². The largest absolute Gasteiger partial charge is 0.481 e. The molecular weight excluding hydrogens is 369 g/mol. The van der Waals surface area contributed by atoms with Crippen LogP contribution >= 0.6 is 11.6 Å². The Morgan fingerprint density at radius 1 is 1.19 bits per heavy atom. The lowest BCUT2D eigenvalue weighted by Gasteiger charge is -2.32. The quantitative estimate of drug-likeness (QED) is 0.741. The summed E-state index contributed by atoms with van der Waals surface area (Å²) in [5, 5.41) is 9.49. The molecule has 1 N–H and O–H groups in total. The first-order valence-corrected chi connectivity index (χ1v) is 9.31. The van der Waals surface area contributed by atoms with E-state index in [4.69, 9.17) is 21.4 Å². The van der Waals surface area contributed by atoms with Gasteiger partial charge in [-0.1, -0.05) is 41.9 Å².